The molecule has 4 saturated carbocycles. The van der Waals surface area contributed by atoms with Crippen LogP contribution in [0.15, 0.2) is 0 Å². The van der Waals surface area contributed by atoms with Crippen molar-refractivity contribution in [3.05, 3.63) is 0 Å². The molecular formula is C29H50O4. The van der Waals surface area contributed by atoms with Gasteiger partial charge < -0.3 is 14.9 Å². The summed E-state index contributed by atoms with van der Waals surface area (Å²) in [7, 11) is 0. The SMILES string of the molecule is CC(=O)O[C@@H]1C[C@H]2C3CC[C@H]([C@H](C)CCCC(C)C)[C@@]3(C)CCC2[C@@]2(C)CC[C@H](O)C[C@]12O. The van der Waals surface area contributed by atoms with Crippen molar-refractivity contribution in [2.24, 2.45) is 46.3 Å². The molecule has 2 unspecified atom stereocenters. The average Bonchev–Trinajstić information content (AvgIpc) is 3.07. The summed E-state index contributed by atoms with van der Waals surface area (Å²) in [6.07, 6.45) is 10.7. The second kappa shape index (κ2) is 9.12. The van der Waals surface area contributed by atoms with Gasteiger partial charge in [0.2, 0.25) is 0 Å². The predicted octanol–water partition coefficient (Wildman–Crippen LogP) is 6.13. The van der Waals surface area contributed by atoms with Crippen molar-refractivity contribution in [1.29, 1.82) is 0 Å². The Morgan fingerprint density at radius 1 is 1.03 bits per heavy atom. The molecule has 10 atom stereocenters. The van der Waals surface area contributed by atoms with Gasteiger partial charge in [0.15, 0.2) is 0 Å². The maximum atomic E-state index is 12.1. The van der Waals surface area contributed by atoms with Crippen molar-refractivity contribution in [1.82, 2.24) is 0 Å². The molecule has 4 fully saturated rings. The summed E-state index contributed by atoms with van der Waals surface area (Å²) in [4.78, 5) is 12.1. The van der Waals surface area contributed by atoms with Gasteiger partial charge in [0.1, 0.15) is 11.7 Å². The van der Waals surface area contributed by atoms with Crippen LogP contribution in [0.4, 0.5) is 0 Å². The summed E-state index contributed by atoms with van der Waals surface area (Å²) in [6.45, 7) is 13.4. The fourth-order valence-corrected chi connectivity index (χ4v) is 9.60. The maximum Gasteiger partial charge on any atom is 0.303 e. The van der Waals surface area contributed by atoms with Gasteiger partial charge in [-0.25, -0.2) is 0 Å². The van der Waals surface area contributed by atoms with E-state index in [4.69, 9.17) is 4.74 Å². The van der Waals surface area contributed by atoms with Crippen LogP contribution in [0, 0.1) is 46.3 Å². The molecule has 0 heterocycles. The lowest BCUT2D eigenvalue weighted by Gasteiger charge is -2.65. The molecule has 0 aromatic rings. The van der Waals surface area contributed by atoms with Crippen LogP contribution >= 0.6 is 0 Å². The van der Waals surface area contributed by atoms with E-state index in [2.05, 4.69) is 34.6 Å². The zero-order valence-electron chi connectivity index (χ0n) is 22.1. The van der Waals surface area contributed by atoms with Crippen molar-refractivity contribution in [3.63, 3.8) is 0 Å². The van der Waals surface area contributed by atoms with Crippen molar-refractivity contribution in [2.75, 3.05) is 0 Å². The van der Waals surface area contributed by atoms with Crippen molar-refractivity contribution in [3.8, 4) is 0 Å². The molecule has 4 aliphatic carbocycles. The first kappa shape index (κ1) is 25.5. The van der Waals surface area contributed by atoms with Crippen LogP contribution in [0.2, 0.25) is 0 Å². The first-order valence-corrected chi connectivity index (χ1v) is 14.0. The van der Waals surface area contributed by atoms with E-state index in [0.717, 1.165) is 43.4 Å². The Kier molecular flexibility index (Phi) is 7.04. The molecule has 190 valence electrons. The highest BCUT2D eigenvalue weighted by Crippen LogP contribution is 2.69. The third-order valence-corrected chi connectivity index (χ3v) is 11.3. The lowest BCUT2D eigenvalue weighted by Crippen LogP contribution is -2.69. The Morgan fingerprint density at radius 3 is 2.42 bits per heavy atom. The number of hydrogen-bond donors (Lipinski definition) is 2. The number of carbonyl (C=O) groups excluding carboxylic acids is 1. The minimum atomic E-state index is -1.12. The maximum absolute atomic E-state index is 12.1. The topological polar surface area (TPSA) is 66.8 Å². The van der Waals surface area contributed by atoms with Crippen LogP contribution in [0.5, 0.6) is 0 Å². The Bertz CT molecular complexity index is 720. The molecule has 2 N–H and O–H groups in total. The van der Waals surface area contributed by atoms with Gasteiger partial charge in [-0.05, 0) is 85.9 Å². The molecule has 0 saturated heterocycles. The normalized spacial score (nSPS) is 48.0. The van der Waals surface area contributed by atoms with Crippen molar-refractivity contribution < 1.29 is 19.7 Å². The summed E-state index contributed by atoms with van der Waals surface area (Å²) >= 11 is 0. The van der Waals surface area contributed by atoms with E-state index in [1.807, 2.05) is 0 Å². The highest BCUT2D eigenvalue weighted by atomic mass is 16.6. The van der Waals surface area contributed by atoms with E-state index in [9.17, 15) is 15.0 Å². The summed E-state index contributed by atoms with van der Waals surface area (Å²) < 4.78 is 5.86. The van der Waals surface area contributed by atoms with Gasteiger partial charge in [0, 0.05) is 18.8 Å². The number of rotatable bonds is 6. The Labute approximate surface area is 202 Å². The largest absolute Gasteiger partial charge is 0.459 e. The number of fused-ring (bicyclic) bond motifs is 5. The molecule has 4 aliphatic rings. The molecule has 0 aromatic heterocycles. The van der Waals surface area contributed by atoms with E-state index in [-0.39, 0.29) is 11.4 Å². The molecule has 0 bridgehead atoms. The minimum Gasteiger partial charge on any atom is -0.459 e. The first-order chi connectivity index (χ1) is 15.4. The van der Waals surface area contributed by atoms with Gasteiger partial charge in [-0.15, -0.1) is 0 Å². The van der Waals surface area contributed by atoms with Gasteiger partial charge in [-0.1, -0.05) is 53.9 Å². The lowest BCUT2D eigenvalue weighted by molar-refractivity contribution is -0.269. The van der Waals surface area contributed by atoms with E-state index in [1.165, 1.54) is 45.4 Å². The summed E-state index contributed by atoms with van der Waals surface area (Å²) in [6, 6.07) is 0. The second-order valence-corrected chi connectivity index (χ2v) is 13.5. The molecule has 0 radical (unpaired) electrons. The molecule has 0 amide bonds. The fourth-order valence-electron chi connectivity index (χ4n) is 9.60. The third kappa shape index (κ3) is 4.20. The molecule has 0 aliphatic heterocycles. The first-order valence-electron chi connectivity index (χ1n) is 14.0. The Balaban J connectivity index is 1.58. The smallest absolute Gasteiger partial charge is 0.303 e. The molecule has 4 heteroatoms. The van der Waals surface area contributed by atoms with Gasteiger partial charge in [0.25, 0.3) is 0 Å². The van der Waals surface area contributed by atoms with Crippen LogP contribution in [-0.4, -0.2) is 34.0 Å². The van der Waals surface area contributed by atoms with E-state index >= 15 is 0 Å². The fraction of sp³-hybridized carbons (Fsp3) is 0.966. The second-order valence-electron chi connectivity index (χ2n) is 13.5. The van der Waals surface area contributed by atoms with Gasteiger partial charge in [-0.3, -0.25) is 4.79 Å². The Morgan fingerprint density at radius 2 is 1.76 bits per heavy atom. The predicted molar refractivity (Wildman–Crippen MR) is 131 cm³/mol. The van der Waals surface area contributed by atoms with Gasteiger partial charge in [-0.2, -0.15) is 0 Å². The summed E-state index contributed by atoms with van der Waals surface area (Å²) in [5.41, 5.74) is -1.05. The zero-order valence-corrected chi connectivity index (χ0v) is 22.1. The quantitative estimate of drug-likeness (QED) is 0.466. The van der Waals surface area contributed by atoms with Crippen molar-refractivity contribution >= 4 is 5.97 Å². The summed E-state index contributed by atoms with van der Waals surface area (Å²) in [5.74, 6) is 3.63. The average molecular weight is 463 g/mol. The van der Waals surface area contributed by atoms with Crippen LogP contribution in [0.3, 0.4) is 0 Å². The van der Waals surface area contributed by atoms with Crippen LogP contribution in [-0.2, 0) is 9.53 Å². The van der Waals surface area contributed by atoms with Gasteiger partial charge in [0.05, 0.1) is 6.10 Å². The number of ether oxygens (including phenoxy) is 1. The lowest BCUT2D eigenvalue weighted by atomic mass is 9.42. The number of hydrogen-bond acceptors (Lipinski definition) is 4. The highest BCUT2D eigenvalue weighted by Gasteiger charge is 2.68. The highest BCUT2D eigenvalue weighted by molar-refractivity contribution is 5.66. The van der Waals surface area contributed by atoms with E-state index in [1.54, 1.807) is 0 Å². The van der Waals surface area contributed by atoms with E-state index < -0.39 is 17.8 Å². The van der Waals surface area contributed by atoms with Gasteiger partial charge >= 0.3 is 5.97 Å². The van der Waals surface area contributed by atoms with Crippen LogP contribution < -0.4 is 0 Å². The van der Waals surface area contributed by atoms with Crippen molar-refractivity contribution in [2.45, 2.75) is 130 Å². The standard InChI is InChI=1S/C29H50O4/c1-18(2)8-7-9-19(3)23-10-11-24-22-16-26(33-20(4)30)29(32)17-21(31)12-15-28(29,6)25(22)13-14-27(23,24)5/h18-19,21-26,31-32H,7-17H2,1-6H3/t19-,21+,22+,23-,24?,25?,26-,27-,28-,29+/m1/s1. The number of aliphatic hydroxyl groups is 2. The zero-order chi connectivity index (χ0) is 24.2. The van der Waals surface area contributed by atoms with Crippen LogP contribution in [0.25, 0.3) is 0 Å². The molecule has 0 spiro atoms. The molecule has 33 heavy (non-hydrogen) atoms. The molecule has 4 nitrogen and oxygen atoms in total. The van der Waals surface area contributed by atoms with E-state index in [0.29, 0.717) is 29.6 Å². The third-order valence-electron chi connectivity index (χ3n) is 11.3. The number of aliphatic hydroxyl groups excluding tert-OH is 1. The monoisotopic (exact) mass is 462 g/mol. The minimum absolute atomic E-state index is 0.294. The number of esters is 1. The summed E-state index contributed by atoms with van der Waals surface area (Å²) in [5, 5.41) is 22.5. The molecule has 4 rings (SSSR count). The molecular weight excluding hydrogens is 412 g/mol. The molecule has 0 aromatic carbocycles. The number of carbonyl (C=O) groups is 1. The Hall–Kier alpha value is -0.610. The van der Waals surface area contributed by atoms with Crippen LogP contribution in [0.1, 0.15) is 112 Å².